The van der Waals surface area contributed by atoms with Gasteiger partial charge in [-0.25, -0.2) is 0 Å². The van der Waals surface area contributed by atoms with Crippen LogP contribution in [0.4, 0.5) is 5.69 Å². The molecule has 0 aliphatic heterocycles. The SMILES string of the molecule is CCCC(N)C(=O)Nc1c(C)cccc1C(C)C.Cl. The lowest BCUT2D eigenvalue weighted by Crippen LogP contribution is -2.35. The lowest BCUT2D eigenvalue weighted by Gasteiger charge is -2.18. The molecule has 1 amide bonds. The van der Waals surface area contributed by atoms with Gasteiger partial charge < -0.3 is 11.1 Å². The molecule has 0 heterocycles. The molecule has 4 heteroatoms. The van der Waals surface area contributed by atoms with Crippen LogP contribution in [0.5, 0.6) is 0 Å². The normalized spacial score (nSPS) is 11.9. The molecule has 0 fully saturated rings. The maximum atomic E-state index is 12.0. The van der Waals surface area contributed by atoms with Crippen molar-refractivity contribution in [3.05, 3.63) is 29.3 Å². The molecule has 1 rings (SSSR count). The van der Waals surface area contributed by atoms with E-state index in [2.05, 4.69) is 25.2 Å². The van der Waals surface area contributed by atoms with Crippen LogP contribution in [0.1, 0.15) is 50.7 Å². The first kappa shape index (κ1) is 17.9. The van der Waals surface area contributed by atoms with E-state index in [9.17, 15) is 4.79 Å². The fourth-order valence-corrected chi connectivity index (χ4v) is 2.00. The van der Waals surface area contributed by atoms with E-state index >= 15 is 0 Å². The molecular formula is C15H25ClN2O. The van der Waals surface area contributed by atoms with Crippen LogP contribution in [0.15, 0.2) is 18.2 Å². The summed E-state index contributed by atoms with van der Waals surface area (Å²) in [7, 11) is 0. The van der Waals surface area contributed by atoms with Crippen molar-refractivity contribution in [1.29, 1.82) is 0 Å². The highest BCUT2D eigenvalue weighted by molar-refractivity contribution is 5.96. The van der Waals surface area contributed by atoms with Crippen molar-refractivity contribution in [2.24, 2.45) is 5.73 Å². The molecular weight excluding hydrogens is 260 g/mol. The molecule has 1 unspecified atom stereocenters. The third kappa shape index (κ3) is 4.84. The second kappa shape index (κ2) is 8.18. The van der Waals surface area contributed by atoms with E-state index in [0.29, 0.717) is 12.3 Å². The van der Waals surface area contributed by atoms with Gasteiger partial charge in [-0.3, -0.25) is 4.79 Å². The van der Waals surface area contributed by atoms with Gasteiger partial charge in [-0.05, 0) is 30.4 Å². The molecule has 0 radical (unpaired) electrons. The Balaban J connectivity index is 0.00000324. The van der Waals surface area contributed by atoms with Crippen molar-refractivity contribution in [3.8, 4) is 0 Å². The number of aryl methyl sites for hydroxylation is 1. The van der Waals surface area contributed by atoms with Crippen molar-refractivity contribution >= 4 is 24.0 Å². The maximum Gasteiger partial charge on any atom is 0.241 e. The molecule has 0 bridgehead atoms. The first-order chi connectivity index (χ1) is 8.47. The van der Waals surface area contributed by atoms with Gasteiger partial charge in [0.1, 0.15) is 0 Å². The number of halogens is 1. The standard InChI is InChI=1S/C15H24N2O.ClH/c1-5-7-13(16)15(18)17-14-11(4)8-6-9-12(14)10(2)3;/h6,8-10,13H,5,7,16H2,1-4H3,(H,17,18);1H. The van der Waals surface area contributed by atoms with Crippen molar-refractivity contribution < 1.29 is 4.79 Å². The Morgan fingerprint density at radius 3 is 2.53 bits per heavy atom. The fourth-order valence-electron chi connectivity index (χ4n) is 2.00. The first-order valence-electron chi connectivity index (χ1n) is 6.63. The van der Waals surface area contributed by atoms with Crippen LogP contribution in [0.2, 0.25) is 0 Å². The predicted octanol–water partition coefficient (Wildman–Crippen LogP) is 3.61. The van der Waals surface area contributed by atoms with Gasteiger partial charge in [-0.15, -0.1) is 12.4 Å². The number of hydrogen-bond acceptors (Lipinski definition) is 2. The van der Waals surface area contributed by atoms with E-state index in [1.807, 2.05) is 26.0 Å². The molecule has 0 aromatic heterocycles. The summed E-state index contributed by atoms with van der Waals surface area (Å²) in [6, 6.07) is 5.66. The molecule has 0 saturated heterocycles. The number of rotatable bonds is 5. The summed E-state index contributed by atoms with van der Waals surface area (Å²) in [4.78, 5) is 12.0. The first-order valence-corrected chi connectivity index (χ1v) is 6.63. The van der Waals surface area contributed by atoms with Gasteiger partial charge in [0.05, 0.1) is 6.04 Å². The lowest BCUT2D eigenvalue weighted by molar-refractivity contribution is -0.117. The molecule has 0 saturated carbocycles. The van der Waals surface area contributed by atoms with Crippen LogP contribution in [0.3, 0.4) is 0 Å². The molecule has 1 aromatic carbocycles. The van der Waals surface area contributed by atoms with Crippen LogP contribution < -0.4 is 11.1 Å². The summed E-state index contributed by atoms with van der Waals surface area (Å²) in [5.41, 5.74) is 9.00. The molecule has 0 aliphatic rings. The zero-order valence-electron chi connectivity index (χ0n) is 12.2. The largest absolute Gasteiger partial charge is 0.324 e. The van der Waals surface area contributed by atoms with Crippen LogP contribution in [-0.2, 0) is 4.79 Å². The Labute approximate surface area is 122 Å². The minimum absolute atomic E-state index is 0. The number of hydrogen-bond donors (Lipinski definition) is 2. The average molecular weight is 285 g/mol. The third-order valence-corrected chi connectivity index (χ3v) is 3.11. The number of nitrogens with one attached hydrogen (secondary N) is 1. The topological polar surface area (TPSA) is 55.1 Å². The summed E-state index contributed by atoms with van der Waals surface area (Å²) in [6.07, 6.45) is 1.63. The smallest absolute Gasteiger partial charge is 0.241 e. The summed E-state index contributed by atoms with van der Waals surface area (Å²) in [6.45, 7) is 8.28. The molecule has 0 spiro atoms. The second-order valence-corrected chi connectivity index (χ2v) is 5.08. The Kier molecular flexibility index (Phi) is 7.72. The monoisotopic (exact) mass is 284 g/mol. The fraction of sp³-hybridized carbons (Fsp3) is 0.533. The van der Waals surface area contributed by atoms with E-state index in [0.717, 1.165) is 23.2 Å². The molecule has 0 aliphatic carbocycles. The average Bonchev–Trinajstić information content (AvgIpc) is 2.31. The quantitative estimate of drug-likeness (QED) is 0.868. The second-order valence-electron chi connectivity index (χ2n) is 5.08. The zero-order valence-corrected chi connectivity index (χ0v) is 13.0. The van der Waals surface area contributed by atoms with Crippen LogP contribution >= 0.6 is 12.4 Å². The number of benzene rings is 1. The predicted molar refractivity (Wildman–Crippen MR) is 84.0 cm³/mol. The van der Waals surface area contributed by atoms with Gasteiger partial charge in [-0.2, -0.15) is 0 Å². The van der Waals surface area contributed by atoms with Gasteiger partial charge in [0.25, 0.3) is 0 Å². The van der Waals surface area contributed by atoms with Crippen molar-refractivity contribution in [3.63, 3.8) is 0 Å². The number of carbonyl (C=O) groups excluding carboxylic acids is 1. The summed E-state index contributed by atoms with van der Waals surface area (Å²) in [5.74, 6) is 0.288. The van der Waals surface area contributed by atoms with Crippen LogP contribution in [-0.4, -0.2) is 11.9 Å². The van der Waals surface area contributed by atoms with Gasteiger partial charge in [0.15, 0.2) is 0 Å². The molecule has 19 heavy (non-hydrogen) atoms. The van der Waals surface area contributed by atoms with Gasteiger partial charge in [0, 0.05) is 5.69 Å². The summed E-state index contributed by atoms with van der Waals surface area (Å²) >= 11 is 0. The van der Waals surface area contributed by atoms with Gasteiger partial charge >= 0.3 is 0 Å². The number of nitrogens with two attached hydrogens (primary N) is 1. The minimum atomic E-state index is -0.422. The number of amides is 1. The van der Waals surface area contributed by atoms with Crippen molar-refractivity contribution in [1.82, 2.24) is 0 Å². The van der Waals surface area contributed by atoms with Gasteiger partial charge in [-0.1, -0.05) is 45.4 Å². The Bertz CT molecular complexity index is 419. The van der Waals surface area contributed by atoms with E-state index in [1.165, 1.54) is 0 Å². The summed E-state index contributed by atoms with van der Waals surface area (Å²) in [5, 5.41) is 2.98. The molecule has 1 aromatic rings. The molecule has 1 atom stereocenters. The maximum absolute atomic E-state index is 12.0. The Morgan fingerprint density at radius 2 is 2.00 bits per heavy atom. The van der Waals surface area contributed by atoms with Crippen molar-refractivity contribution in [2.45, 2.75) is 52.5 Å². The van der Waals surface area contributed by atoms with Crippen molar-refractivity contribution in [2.75, 3.05) is 5.32 Å². The van der Waals surface area contributed by atoms with E-state index < -0.39 is 6.04 Å². The zero-order chi connectivity index (χ0) is 13.7. The molecule has 108 valence electrons. The van der Waals surface area contributed by atoms with E-state index in [1.54, 1.807) is 0 Å². The number of carbonyl (C=O) groups is 1. The highest BCUT2D eigenvalue weighted by Gasteiger charge is 2.16. The molecule has 3 N–H and O–H groups in total. The number of anilines is 1. The minimum Gasteiger partial charge on any atom is -0.324 e. The van der Waals surface area contributed by atoms with Crippen LogP contribution in [0.25, 0.3) is 0 Å². The van der Waals surface area contributed by atoms with E-state index in [4.69, 9.17) is 5.73 Å². The van der Waals surface area contributed by atoms with Crippen LogP contribution in [0, 0.1) is 6.92 Å². The van der Waals surface area contributed by atoms with Gasteiger partial charge in [0.2, 0.25) is 5.91 Å². The van der Waals surface area contributed by atoms with E-state index in [-0.39, 0.29) is 18.3 Å². The Morgan fingerprint density at radius 1 is 1.37 bits per heavy atom. The summed E-state index contributed by atoms with van der Waals surface area (Å²) < 4.78 is 0. The lowest BCUT2D eigenvalue weighted by atomic mass is 9.98. The molecule has 3 nitrogen and oxygen atoms in total. The Hall–Kier alpha value is -1.06. The third-order valence-electron chi connectivity index (χ3n) is 3.11. The highest BCUT2D eigenvalue weighted by atomic mass is 35.5. The highest BCUT2D eigenvalue weighted by Crippen LogP contribution is 2.27. The number of para-hydroxylation sites is 1.